The number of hydrogen-bond acceptors (Lipinski definition) is 3. The third kappa shape index (κ3) is 2.78. The Kier molecular flexibility index (Phi) is 4.55. The molecule has 1 nitrogen and oxygen atoms in total. The predicted molar refractivity (Wildman–Crippen MR) is 73.9 cm³/mol. The van der Waals surface area contributed by atoms with E-state index in [1.165, 1.54) is 27.3 Å². The summed E-state index contributed by atoms with van der Waals surface area (Å²) >= 11 is 7.60. The van der Waals surface area contributed by atoms with Crippen LogP contribution in [-0.4, -0.2) is 18.1 Å². The van der Waals surface area contributed by atoms with Crippen LogP contribution >= 0.6 is 39.0 Å². The Morgan fingerprint density at radius 1 is 1.67 bits per heavy atom. The Morgan fingerprint density at radius 2 is 2.53 bits per heavy atom. The van der Waals surface area contributed by atoms with Crippen LogP contribution in [0.5, 0.6) is 0 Å². The highest BCUT2D eigenvalue weighted by Crippen LogP contribution is 2.39. The summed E-state index contributed by atoms with van der Waals surface area (Å²) in [7, 11) is 0. The summed E-state index contributed by atoms with van der Waals surface area (Å²) in [5.74, 6) is 3.45. The van der Waals surface area contributed by atoms with E-state index in [4.69, 9.17) is 0 Å². The van der Waals surface area contributed by atoms with Crippen molar-refractivity contribution in [1.29, 1.82) is 0 Å². The van der Waals surface area contributed by atoms with Crippen LogP contribution in [0.15, 0.2) is 15.9 Å². The summed E-state index contributed by atoms with van der Waals surface area (Å²) in [5.41, 5.74) is 0. The monoisotopic (exact) mass is 305 g/mol. The molecule has 0 spiro atoms. The van der Waals surface area contributed by atoms with Crippen LogP contribution < -0.4 is 5.32 Å². The fraction of sp³-hybridized carbons (Fsp3) is 0.636. The van der Waals surface area contributed by atoms with Gasteiger partial charge in [-0.05, 0) is 57.8 Å². The van der Waals surface area contributed by atoms with Gasteiger partial charge in [0.1, 0.15) is 0 Å². The number of nitrogens with one attached hydrogen (secondary N) is 1. The standard InChI is InChI=1S/C11H16BrNS2/c1-2-13-10(8-3-5-14-7-8)11-9(12)4-6-15-11/h4,6,8,10,13H,2-3,5,7H2,1H3. The van der Waals surface area contributed by atoms with Gasteiger partial charge in [0, 0.05) is 15.4 Å². The number of thioether (sulfide) groups is 1. The van der Waals surface area contributed by atoms with Gasteiger partial charge in [-0.2, -0.15) is 11.8 Å². The first-order valence-corrected chi connectivity index (χ1v) is 8.19. The first-order valence-electron chi connectivity index (χ1n) is 5.37. The normalized spacial score (nSPS) is 23.2. The van der Waals surface area contributed by atoms with E-state index in [1.807, 2.05) is 11.3 Å². The average molecular weight is 306 g/mol. The molecule has 1 N–H and O–H groups in total. The van der Waals surface area contributed by atoms with Gasteiger partial charge >= 0.3 is 0 Å². The van der Waals surface area contributed by atoms with Gasteiger partial charge in [0.2, 0.25) is 0 Å². The second kappa shape index (κ2) is 5.71. The average Bonchev–Trinajstić information content (AvgIpc) is 2.85. The third-order valence-corrected chi connectivity index (χ3v) is 5.93. The predicted octanol–water partition coefficient (Wildman–Crippen LogP) is 3.91. The molecule has 1 aliphatic rings. The van der Waals surface area contributed by atoms with Crippen molar-refractivity contribution in [2.24, 2.45) is 5.92 Å². The van der Waals surface area contributed by atoms with Gasteiger partial charge in [-0.25, -0.2) is 0 Å². The smallest absolute Gasteiger partial charge is 0.0463 e. The quantitative estimate of drug-likeness (QED) is 0.905. The Morgan fingerprint density at radius 3 is 3.07 bits per heavy atom. The maximum atomic E-state index is 3.65. The molecule has 0 saturated carbocycles. The van der Waals surface area contributed by atoms with Crippen molar-refractivity contribution in [2.45, 2.75) is 19.4 Å². The molecule has 0 bridgehead atoms. The Labute approximate surface area is 108 Å². The second-order valence-corrected chi connectivity index (χ2v) is 6.74. The van der Waals surface area contributed by atoms with Gasteiger partial charge in [-0.15, -0.1) is 11.3 Å². The number of halogens is 1. The molecular weight excluding hydrogens is 290 g/mol. The van der Waals surface area contributed by atoms with E-state index in [1.54, 1.807) is 0 Å². The minimum Gasteiger partial charge on any atom is -0.309 e. The van der Waals surface area contributed by atoms with Crippen LogP contribution in [0.3, 0.4) is 0 Å². The minimum atomic E-state index is 0.555. The maximum Gasteiger partial charge on any atom is 0.0463 e. The molecule has 0 aliphatic carbocycles. The zero-order valence-electron chi connectivity index (χ0n) is 8.83. The molecule has 15 heavy (non-hydrogen) atoms. The van der Waals surface area contributed by atoms with E-state index in [9.17, 15) is 0 Å². The molecule has 0 amide bonds. The lowest BCUT2D eigenvalue weighted by molar-refractivity contribution is 0.406. The molecule has 1 aliphatic heterocycles. The molecule has 84 valence electrons. The lowest BCUT2D eigenvalue weighted by atomic mass is 9.98. The van der Waals surface area contributed by atoms with Crippen molar-refractivity contribution < 1.29 is 0 Å². The molecule has 1 aromatic heterocycles. The van der Waals surface area contributed by atoms with Crippen LogP contribution in [0.2, 0.25) is 0 Å². The van der Waals surface area contributed by atoms with Gasteiger partial charge in [0.05, 0.1) is 0 Å². The lowest BCUT2D eigenvalue weighted by Crippen LogP contribution is -2.27. The van der Waals surface area contributed by atoms with E-state index in [2.05, 4.69) is 51.4 Å². The maximum absolute atomic E-state index is 3.65. The summed E-state index contributed by atoms with van der Waals surface area (Å²) in [6.07, 6.45) is 1.35. The number of rotatable bonds is 4. The summed E-state index contributed by atoms with van der Waals surface area (Å²) in [4.78, 5) is 1.48. The molecule has 2 heterocycles. The van der Waals surface area contributed by atoms with Crippen LogP contribution in [-0.2, 0) is 0 Å². The van der Waals surface area contributed by atoms with Crippen molar-refractivity contribution >= 4 is 39.0 Å². The van der Waals surface area contributed by atoms with Gasteiger partial charge < -0.3 is 5.32 Å². The van der Waals surface area contributed by atoms with Crippen LogP contribution in [0.25, 0.3) is 0 Å². The summed E-state index contributed by atoms with van der Waals surface area (Å²) in [5, 5.41) is 5.81. The molecule has 4 heteroatoms. The molecule has 0 aromatic carbocycles. The third-order valence-electron chi connectivity index (χ3n) is 2.79. The molecule has 1 aromatic rings. The molecule has 2 atom stereocenters. The van der Waals surface area contributed by atoms with Gasteiger partial charge in [0.15, 0.2) is 0 Å². The molecule has 1 saturated heterocycles. The summed E-state index contributed by atoms with van der Waals surface area (Å²) < 4.78 is 1.27. The van der Waals surface area contributed by atoms with Crippen molar-refractivity contribution in [3.8, 4) is 0 Å². The summed E-state index contributed by atoms with van der Waals surface area (Å²) in [6.45, 7) is 3.24. The zero-order valence-corrected chi connectivity index (χ0v) is 12.1. The van der Waals surface area contributed by atoms with E-state index in [-0.39, 0.29) is 0 Å². The van der Waals surface area contributed by atoms with E-state index < -0.39 is 0 Å². The van der Waals surface area contributed by atoms with Crippen molar-refractivity contribution in [2.75, 3.05) is 18.1 Å². The number of hydrogen-bond donors (Lipinski definition) is 1. The van der Waals surface area contributed by atoms with E-state index >= 15 is 0 Å². The SMILES string of the molecule is CCNC(c1sccc1Br)C1CCSC1. The largest absolute Gasteiger partial charge is 0.309 e. The van der Waals surface area contributed by atoms with Crippen molar-refractivity contribution in [1.82, 2.24) is 5.32 Å². The van der Waals surface area contributed by atoms with Crippen LogP contribution in [0.1, 0.15) is 24.3 Å². The number of thiophene rings is 1. The topological polar surface area (TPSA) is 12.0 Å². The van der Waals surface area contributed by atoms with Gasteiger partial charge in [-0.3, -0.25) is 0 Å². The van der Waals surface area contributed by atoms with Gasteiger partial charge in [-0.1, -0.05) is 6.92 Å². The van der Waals surface area contributed by atoms with E-state index in [0.29, 0.717) is 6.04 Å². The van der Waals surface area contributed by atoms with Crippen LogP contribution in [0, 0.1) is 5.92 Å². The minimum absolute atomic E-state index is 0.555. The van der Waals surface area contributed by atoms with Crippen LogP contribution in [0.4, 0.5) is 0 Å². The molecule has 2 unspecified atom stereocenters. The first kappa shape index (κ1) is 12.0. The van der Waals surface area contributed by atoms with Gasteiger partial charge in [0.25, 0.3) is 0 Å². The highest BCUT2D eigenvalue weighted by atomic mass is 79.9. The zero-order chi connectivity index (χ0) is 10.7. The second-order valence-electron chi connectivity index (χ2n) is 3.79. The first-order chi connectivity index (χ1) is 7.33. The Bertz CT molecular complexity index is 307. The lowest BCUT2D eigenvalue weighted by Gasteiger charge is -2.23. The highest BCUT2D eigenvalue weighted by Gasteiger charge is 2.28. The highest BCUT2D eigenvalue weighted by molar-refractivity contribution is 9.10. The Hall–Kier alpha value is 0.490. The van der Waals surface area contributed by atoms with Crippen molar-refractivity contribution in [3.05, 3.63) is 20.8 Å². The Balaban J connectivity index is 2.15. The fourth-order valence-electron chi connectivity index (χ4n) is 2.04. The van der Waals surface area contributed by atoms with Crippen molar-refractivity contribution in [3.63, 3.8) is 0 Å². The molecular formula is C11H16BrNS2. The molecule has 2 rings (SSSR count). The molecule has 1 fully saturated rings. The summed E-state index contributed by atoms with van der Waals surface area (Å²) in [6, 6.07) is 2.71. The van der Waals surface area contributed by atoms with E-state index in [0.717, 1.165) is 12.5 Å². The molecule has 0 radical (unpaired) electrons. The fourth-order valence-corrected chi connectivity index (χ4v) is 5.12.